The number of benzene rings is 3. The fourth-order valence-corrected chi connectivity index (χ4v) is 10.5. The molecule has 6 fully saturated rings. The minimum Gasteiger partial charge on any atom is -0.444 e. The second-order valence-electron chi connectivity index (χ2n) is 21.0. The molecule has 0 aromatic heterocycles. The van der Waals surface area contributed by atoms with E-state index in [-0.39, 0.29) is 125 Å². The number of cyclic esters (lactones) is 3. The molecule has 442 valence electrons. The summed E-state index contributed by atoms with van der Waals surface area (Å²) >= 11 is 0. The zero-order valence-corrected chi connectivity index (χ0v) is 45.1. The van der Waals surface area contributed by atoms with Crippen molar-refractivity contribution in [2.75, 3.05) is 136 Å². The van der Waals surface area contributed by atoms with Crippen LogP contribution >= 0.6 is 0 Å². The number of hydrogen-bond acceptors (Lipinski definition) is 17. The highest BCUT2D eigenvalue weighted by molar-refractivity contribution is 5.91. The van der Waals surface area contributed by atoms with Gasteiger partial charge in [0.15, 0.2) is 34.9 Å². The van der Waals surface area contributed by atoms with Gasteiger partial charge in [-0.25, -0.2) is 40.7 Å². The maximum Gasteiger partial charge on any atom is 0.414 e. The highest BCUT2D eigenvalue weighted by atomic mass is 19.2. The van der Waals surface area contributed by atoms with E-state index in [0.717, 1.165) is 46.2 Å². The van der Waals surface area contributed by atoms with Crippen molar-refractivity contribution < 1.29 is 95.7 Å². The monoisotopic (exact) mass is 1140 g/mol. The summed E-state index contributed by atoms with van der Waals surface area (Å²) in [6.07, 6.45) is -1.30. The summed E-state index contributed by atoms with van der Waals surface area (Å²) in [6, 6.07) is 6.58. The molecule has 4 N–H and O–H groups in total. The molecular weight excluding hydrogens is 1070 g/mol. The van der Waals surface area contributed by atoms with Crippen LogP contribution in [-0.4, -0.2) is 186 Å². The molecule has 26 heteroatoms. The van der Waals surface area contributed by atoms with Crippen LogP contribution < -0.4 is 29.4 Å². The smallest absolute Gasteiger partial charge is 0.414 e. The number of anilines is 6. The number of Topliss-reactive ketones (excluding diaryl/α,β-unsaturated/α-hetero) is 1. The van der Waals surface area contributed by atoms with E-state index in [2.05, 4.69) is 0 Å². The molecule has 0 bridgehead atoms. The standard InChI is InChI=1S/C20H26F2N2O5.C17H22F2N2O5.C17H22F2N2O4/c1-13(25)3-4-15-11-24(19(26)29-15)14-9-16(21)18(17(22)10-14)23-7-5-20(27,6-8-23)12-28-2;1-25-10-17(24)2-4-20(5-3-17)15-13(18)6-11(7-14(15)19)21-8-12(9-22)26-16(21)23;1-11-9-21(16(22)25-11)12-7-13(18)15(14(19)8-12)20-5-3-17(23,4-6-20)10-24-2/h9-10,15,27H,3-8,11-12H2,1-2H3;6-7,12,22,24H,2-5,8-10H2,1H3;7-8,11,23H,3-6,9-10H2,1-2H3/t15-;12-;11-/m010/s1/i;;1T. The number of halogens is 6. The maximum absolute atomic E-state index is 14.8. The van der Waals surface area contributed by atoms with E-state index in [1.54, 1.807) is 9.80 Å². The molecule has 0 saturated carbocycles. The Morgan fingerprint density at radius 3 is 1.12 bits per heavy atom. The second kappa shape index (κ2) is 26.2. The summed E-state index contributed by atoms with van der Waals surface area (Å²) in [6.45, 7) is 3.49. The Labute approximate surface area is 460 Å². The third-order valence-electron chi connectivity index (χ3n) is 14.9. The first kappa shape index (κ1) is 59.9. The Morgan fingerprint density at radius 2 is 0.850 bits per heavy atom. The molecule has 6 heterocycles. The fourth-order valence-electron chi connectivity index (χ4n) is 10.5. The molecule has 3 atom stereocenters. The molecule has 80 heavy (non-hydrogen) atoms. The topological polar surface area (TPSA) is 224 Å². The van der Waals surface area contributed by atoms with Gasteiger partial charge in [0.05, 0.1) is 79.9 Å². The molecular formula is C54H70F6N6O14. The lowest BCUT2D eigenvalue weighted by molar-refractivity contribution is -0.117. The summed E-state index contributed by atoms with van der Waals surface area (Å²) < 4.78 is 125. The van der Waals surface area contributed by atoms with Gasteiger partial charge >= 0.3 is 18.3 Å². The van der Waals surface area contributed by atoms with Gasteiger partial charge in [-0.2, -0.15) is 0 Å². The second-order valence-corrected chi connectivity index (χ2v) is 21.0. The van der Waals surface area contributed by atoms with Gasteiger partial charge in [0.1, 0.15) is 41.2 Å². The SMILES string of the molecule is COCC1(O)CCN(c2c(F)cc(N3C[C@H](CCC(C)=O)OC3=O)cc2F)CC1.COCC1(O)CCN(c2c(F)cc(N3C[C@H](CO)OC3=O)cc2F)CC1.[3H]C[C@H]1CN(c2cc(F)c(N3CCC(O)(COC)CC3)c(F)c2)C(=O)O1. The van der Waals surface area contributed by atoms with Crippen molar-refractivity contribution in [3.8, 4) is 0 Å². The van der Waals surface area contributed by atoms with Crippen LogP contribution in [0, 0.1) is 34.9 Å². The lowest BCUT2D eigenvalue weighted by Crippen LogP contribution is -2.47. The molecule has 9 rings (SSSR count). The van der Waals surface area contributed by atoms with Crippen molar-refractivity contribution in [3.63, 3.8) is 0 Å². The van der Waals surface area contributed by atoms with E-state index in [9.17, 15) is 60.8 Å². The van der Waals surface area contributed by atoms with Crippen LogP contribution in [0.15, 0.2) is 36.4 Å². The van der Waals surface area contributed by atoms with Crippen LogP contribution in [0.4, 0.5) is 74.9 Å². The number of hydrogen-bond donors (Lipinski definition) is 4. The van der Waals surface area contributed by atoms with Gasteiger partial charge in [0.2, 0.25) is 0 Å². The third kappa shape index (κ3) is 14.7. The predicted octanol–water partition coefficient (Wildman–Crippen LogP) is 6.18. The number of carbonyl (C=O) groups is 4. The van der Waals surface area contributed by atoms with Gasteiger partial charge in [-0.1, -0.05) is 0 Å². The largest absolute Gasteiger partial charge is 0.444 e. The van der Waals surface area contributed by atoms with Crippen LogP contribution in [0.1, 0.15) is 66.6 Å². The first-order valence-corrected chi connectivity index (χ1v) is 26.2. The Morgan fingerprint density at radius 1 is 0.550 bits per heavy atom. The Balaban J connectivity index is 0.000000176. The van der Waals surface area contributed by atoms with Crippen LogP contribution in [0.3, 0.4) is 0 Å². The molecule has 0 radical (unpaired) electrons. The van der Waals surface area contributed by atoms with Crippen LogP contribution in [0.5, 0.6) is 0 Å². The minimum atomic E-state index is -0.994. The maximum atomic E-state index is 14.8. The van der Waals surface area contributed by atoms with E-state index in [1.165, 1.54) is 38.1 Å². The van der Waals surface area contributed by atoms with Gasteiger partial charge in [-0.05, 0) is 58.8 Å². The molecule has 0 spiro atoms. The first-order valence-electron chi connectivity index (χ1n) is 26.9. The predicted molar refractivity (Wildman–Crippen MR) is 279 cm³/mol. The van der Waals surface area contributed by atoms with E-state index in [0.29, 0.717) is 58.0 Å². The number of ketones is 1. The van der Waals surface area contributed by atoms with Gasteiger partial charge < -0.3 is 68.3 Å². The lowest BCUT2D eigenvalue weighted by atomic mass is 9.92. The molecule has 3 aromatic rings. The number of piperidine rings is 3. The van der Waals surface area contributed by atoms with Crippen molar-refractivity contribution in [2.45, 2.75) is 100 Å². The van der Waals surface area contributed by atoms with E-state index < -0.39 is 88.3 Å². The molecule has 20 nitrogen and oxygen atoms in total. The summed E-state index contributed by atoms with van der Waals surface area (Å²) in [4.78, 5) is 54.8. The molecule has 3 aromatic carbocycles. The lowest BCUT2D eigenvalue weighted by Gasteiger charge is -2.39. The number of aliphatic hydroxyl groups excluding tert-OH is 1. The zero-order valence-electron chi connectivity index (χ0n) is 46.1. The summed E-state index contributed by atoms with van der Waals surface area (Å²) in [7, 11) is 4.49. The van der Waals surface area contributed by atoms with Crippen molar-refractivity contribution in [3.05, 3.63) is 71.3 Å². The molecule has 6 aliphatic heterocycles. The van der Waals surface area contributed by atoms with Gasteiger partial charge in [-0.15, -0.1) is 0 Å². The number of aliphatic hydroxyl groups is 4. The van der Waals surface area contributed by atoms with Crippen molar-refractivity contribution in [2.24, 2.45) is 0 Å². The quantitative estimate of drug-likeness (QED) is 0.0928. The van der Waals surface area contributed by atoms with Crippen LogP contribution in [0.25, 0.3) is 0 Å². The first-order chi connectivity index (χ1) is 38.4. The molecule has 6 aliphatic rings. The van der Waals surface area contributed by atoms with Crippen LogP contribution in [0.2, 0.25) is 0 Å². The Hall–Kier alpha value is -6.16. The number of ether oxygens (including phenoxy) is 6. The highest BCUT2D eigenvalue weighted by Crippen LogP contribution is 2.38. The Kier molecular flexibility index (Phi) is 19.6. The normalized spacial score (nSPS) is 22.5. The van der Waals surface area contributed by atoms with E-state index in [4.69, 9.17) is 34.9 Å². The number of nitrogens with zero attached hydrogens (tertiary/aromatic N) is 6. The van der Waals surface area contributed by atoms with Gasteiger partial charge in [-0.3, -0.25) is 14.7 Å². The number of amides is 3. The van der Waals surface area contributed by atoms with E-state index >= 15 is 0 Å². The Bertz CT molecular complexity index is 2530. The summed E-state index contributed by atoms with van der Waals surface area (Å²) in [5, 5.41) is 40.1. The minimum absolute atomic E-state index is 0.0140. The summed E-state index contributed by atoms with van der Waals surface area (Å²) in [5.74, 6) is -4.72. The highest BCUT2D eigenvalue weighted by Gasteiger charge is 2.40. The van der Waals surface area contributed by atoms with E-state index in [1.807, 2.05) is 0 Å². The van der Waals surface area contributed by atoms with Crippen LogP contribution in [-0.2, 0) is 33.2 Å². The molecule has 3 amide bonds. The molecule has 0 unspecified atom stereocenters. The van der Waals surface area contributed by atoms with Crippen molar-refractivity contribution in [1.29, 1.82) is 0 Å². The zero-order chi connectivity index (χ0) is 59.0. The summed E-state index contributed by atoms with van der Waals surface area (Å²) in [5.41, 5.74) is -3.31. The van der Waals surface area contributed by atoms with Gasteiger partial charge in [0.25, 0.3) is 0 Å². The van der Waals surface area contributed by atoms with Crippen molar-refractivity contribution in [1.82, 2.24) is 0 Å². The fraction of sp³-hybridized carbons (Fsp3) is 0.593. The number of rotatable bonds is 16. The number of carbonyl (C=O) groups excluding carboxylic acids is 4. The average Bonchev–Trinajstić information content (AvgIpc) is 4.13. The molecule has 6 saturated heterocycles. The third-order valence-corrected chi connectivity index (χ3v) is 14.9. The van der Waals surface area contributed by atoms with Crippen molar-refractivity contribution >= 4 is 58.2 Å². The number of methoxy groups -OCH3 is 3. The molecule has 0 aliphatic carbocycles. The average molecular weight is 1140 g/mol. The van der Waals surface area contributed by atoms with Gasteiger partial charge in [0, 0.05) is 105 Å².